The normalized spacial score (nSPS) is 17.0. The molecular formula is C18H24ClNO4. The highest BCUT2D eigenvalue weighted by Gasteiger charge is 2.59. The molecule has 0 radical (unpaired) electrons. The van der Waals surface area contributed by atoms with Gasteiger partial charge in [-0.15, -0.1) is 0 Å². The third-order valence-electron chi connectivity index (χ3n) is 5.05. The first-order valence-electron chi connectivity index (χ1n) is 8.01. The number of carboxylic acid groups (broad SMARTS) is 1. The summed E-state index contributed by atoms with van der Waals surface area (Å²) in [5, 5.41) is 12.9. The van der Waals surface area contributed by atoms with E-state index >= 15 is 0 Å². The van der Waals surface area contributed by atoms with Crippen molar-refractivity contribution in [3.8, 4) is 5.75 Å². The number of amides is 1. The van der Waals surface area contributed by atoms with Crippen LogP contribution in [0.5, 0.6) is 5.75 Å². The van der Waals surface area contributed by atoms with E-state index in [-0.39, 0.29) is 11.8 Å². The van der Waals surface area contributed by atoms with Crippen LogP contribution in [0.4, 0.5) is 0 Å². The molecule has 2 N–H and O–H groups in total. The predicted molar refractivity (Wildman–Crippen MR) is 92.4 cm³/mol. The Hall–Kier alpha value is -1.75. The van der Waals surface area contributed by atoms with Crippen LogP contribution < -0.4 is 10.1 Å². The van der Waals surface area contributed by atoms with Crippen LogP contribution in [-0.4, -0.2) is 29.6 Å². The van der Waals surface area contributed by atoms with Crippen molar-refractivity contribution < 1.29 is 19.4 Å². The minimum Gasteiger partial charge on any atom is -0.495 e. The van der Waals surface area contributed by atoms with E-state index in [0.29, 0.717) is 30.0 Å². The molecule has 1 amide bonds. The summed E-state index contributed by atoms with van der Waals surface area (Å²) in [6.07, 6.45) is 1.91. The van der Waals surface area contributed by atoms with Gasteiger partial charge in [0.15, 0.2) is 0 Å². The second kappa shape index (κ2) is 6.63. The average Bonchev–Trinajstić information content (AvgIpc) is 3.28. The first kappa shape index (κ1) is 18.6. The summed E-state index contributed by atoms with van der Waals surface area (Å²) in [6.45, 7) is 5.16. The smallest absolute Gasteiger partial charge is 0.311 e. The molecule has 1 atom stereocenters. The van der Waals surface area contributed by atoms with Gasteiger partial charge in [-0.05, 0) is 50.8 Å². The zero-order valence-corrected chi connectivity index (χ0v) is 15.2. The fourth-order valence-corrected chi connectivity index (χ4v) is 3.16. The first-order valence-corrected chi connectivity index (χ1v) is 8.38. The van der Waals surface area contributed by atoms with Gasteiger partial charge >= 0.3 is 5.97 Å². The van der Waals surface area contributed by atoms with Crippen LogP contribution in [0.15, 0.2) is 18.2 Å². The molecule has 24 heavy (non-hydrogen) atoms. The van der Waals surface area contributed by atoms with Gasteiger partial charge in [-0.2, -0.15) is 0 Å². The van der Waals surface area contributed by atoms with E-state index in [0.717, 1.165) is 5.56 Å². The fourth-order valence-electron chi connectivity index (χ4n) is 2.88. The topological polar surface area (TPSA) is 75.6 Å². The van der Waals surface area contributed by atoms with Gasteiger partial charge in [-0.3, -0.25) is 9.59 Å². The molecule has 0 aromatic heterocycles. The molecule has 132 valence electrons. The molecule has 1 aromatic rings. The molecule has 0 bridgehead atoms. The van der Waals surface area contributed by atoms with E-state index in [4.69, 9.17) is 16.3 Å². The number of aliphatic carboxylic acids is 1. The van der Waals surface area contributed by atoms with E-state index in [1.54, 1.807) is 33.1 Å². The Balaban J connectivity index is 2.03. The van der Waals surface area contributed by atoms with Gasteiger partial charge in [0, 0.05) is 5.92 Å². The Morgan fingerprint density at radius 2 is 2.04 bits per heavy atom. The van der Waals surface area contributed by atoms with Crippen LogP contribution >= 0.6 is 11.6 Å². The number of rotatable bonds is 7. The summed E-state index contributed by atoms with van der Waals surface area (Å²) in [6, 6.07) is 5.44. The maximum Gasteiger partial charge on any atom is 0.311 e. The number of benzene rings is 1. The lowest BCUT2D eigenvalue weighted by molar-refractivity contribution is -0.150. The number of nitrogens with one attached hydrogen (secondary N) is 1. The van der Waals surface area contributed by atoms with E-state index in [1.165, 1.54) is 0 Å². The van der Waals surface area contributed by atoms with Crippen molar-refractivity contribution in [1.82, 2.24) is 5.32 Å². The van der Waals surface area contributed by atoms with Crippen molar-refractivity contribution in [3.05, 3.63) is 28.8 Å². The Bertz CT molecular complexity index is 652. The van der Waals surface area contributed by atoms with Crippen molar-refractivity contribution in [2.75, 3.05) is 7.11 Å². The minimum atomic E-state index is -0.980. The van der Waals surface area contributed by atoms with Gasteiger partial charge in [0.25, 0.3) is 0 Å². The van der Waals surface area contributed by atoms with Crippen LogP contribution in [0.1, 0.15) is 39.2 Å². The molecule has 1 saturated carbocycles. The summed E-state index contributed by atoms with van der Waals surface area (Å²) >= 11 is 6.11. The number of carbonyl (C=O) groups excluding carboxylic acids is 1. The number of ether oxygens (including phenoxy) is 1. The summed E-state index contributed by atoms with van der Waals surface area (Å²) in [7, 11) is 1.55. The lowest BCUT2D eigenvalue weighted by Gasteiger charge is -2.32. The van der Waals surface area contributed by atoms with Crippen molar-refractivity contribution in [1.29, 1.82) is 0 Å². The highest BCUT2D eigenvalue weighted by atomic mass is 35.5. The Labute approximate surface area is 147 Å². The fraction of sp³-hybridized carbons (Fsp3) is 0.556. The molecule has 0 aliphatic heterocycles. The second-order valence-corrected chi connectivity index (χ2v) is 7.48. The highest BCUT2D eigenvalue weighted by Crippen LogP contribution is 2.50. The molecule has 2 rings (SSSR count). The van der Waals surface area contributed by atoms with Crippen LogP contribution in [0.25, 0.3) is 0 Å². The van der Waals surface area contributed by atoms with Crippen molar-refractivity contribution in [3.63, 3.8) is 0 Å². The zero-order valence-electron chi connectivity index (χ0n) is 14.5. The number of hydrogen-bond acceptors (Lipinski definition) is 3. The van der Waals surface area contributed by atoms with Crippen LogP contribution in [0.2, 0.25) is 5.02 Å². The summed E-state index contributed by atoms with van der Waals surface area (Å²) in [5.41, 5.74) is -0.682. The Morgan fingerprint density at radius 3 is 2.50 bits per heavy atom. The number of hydrogen-bond donors (Lipinski definition) is 2. The van der Waals surface area contributed by atoms with Crippen LogP contribution in [0, 0.1) is 11.3 Å². The van der Waals surface area contributed by atoms with E-state index in [1.807, 2.05) is 13.0 Å². The standard InChI is InChI=1S/C18H24ClNO4/c1-11(9-12-5-6-14(24-4)13(19)10-12)15(21)20-18(7-8-18)17(2,3)16(22)23/h5-6,10-11H,7-9H2,1-4H3,(H,20,21)(H,22,23). The van der Waals surface area contributed by atoms with Gasteiger partial charge in [-0.25, -0.2) is 0 Å². The second-order valence-electron chi connectivity index (χ2n) is 7.08. The SMILES string of the molecule is COc1ccc(CC(C)C(=O)NC2(C(C)(C)C(=O)O)CC2)cc1Cl. The molecule has 1 aliphatic rings. The van der Waals surface area contributed by atoms with Gasteiger partial charge in [0.1, 0.15) is 5.75 Å². The molecule has 1 fully saturated rings. The molecule has 1 aliphatic carbocycles. The number of methoxy groups -OCH3 is 1. The van der Waals surface area contributed by atoms with E-state index < -0.39 is 16.9 Å². The van der Waals surface area contributed by atoms with E-state index in [2.05, 4.69) is 5.32 Å². The Kier molecular flexibility index (Phi) is 5.14. The monoisotopic (exact) mass is 353 g/mol. The summed E-state index contributed by atoms with van der Waals surface area (Å²) < 4.78 is 5.12. The maximum absolute atomic E-state index is 12.5. The molecule has 0 spiro atoms. The van der Waals surface area contributed by atoms with Gasteiger partial charge in [0.2, 0.25) is 5.91 Å². The molecule has 5 nitrogen and oxygen atoms in total. The molecule has 0 heterocycles. The maximum atomic E-state index is 12.5. The van der Waals surface area contributed by atoms with Gasteiger partial charge in [-0.1, -0.05) is 24.6 Å². The number of carbonyl (C=O) groups is 2. The highest BCUT2D eigenvalue weighted by molar-refractivity contribution is 6.32. The molecule has 6 heteroatoms. The number of carboxylic acids is 1. The molecule has 1 unspecified atom stereocenters. The predicted octanol–water partition coefficient (Wildman–Crippen LogP) is 3.29. The largest absolute Gasteiger partial charge is 0.495 e. The van der Waals surface area contributed by atoms with E-state index in [9.17, 15) is 14.7 Å². The lowest BCUT2D eigenvalue weighted by atomic mass is 9.81. The summed E-state index contributed by atoms with van der Waals surface area (Å²) in [5.74, 6) is -0.710. The molecule has 1 aromatic carbocycles. The van der Waals surface area contributed by atoms with Crippen molar-refractivity contribution in [2.24, 2.45) is 11.3 Å². The minimum absolute atomic E-state index is 0.131. The molecular weight excluding hydrogens is 330 g/mol. The Morgan fingerprint density at radius 1 is 1.42 bits per heavy atom. The van der Waals surface area contributed by atoms with Crippen LogP contribution in [0.3, 0.4) is 0 Å². The summed E-state index contributed by atoms with van der Waals surface area (Å²) in [4.78, 5) is 24.0. The average molecular weight is 354 g/mol. The third kappa shape index (κ3) is 3.51. The molecule has 0 saturated heterocycles. The van der Waals surface area contributed by atoms with Crippen LogP contribution in [-0.2, 0) is 16.0 Å². The van der Waals surface area contributed by atoms with Crippen molar-refractivity contribution >= 4 is 23.5 Å². The van der Waals surface area contributed by atoms with Crippen molar-refractivity contribution in [2.45, 2.75) is 45.6 Å². The van der Waals surface area contributed by atoms with Gasteiger partial charge < -0.3 is 15.2 Å². The third-order valence-corrected chi connectivity index (χ3v) is 5.34. The zero-order chi connectivity index (χ0) is 18.1. The number of halogens is 1. The van der Waals surface area contributed by atoms with Gasteiger partial charge in [0.05, 0.1) is 23.1 Å². The first-order chi connectivity index (χ1) is 11.1. The quantitative estimate of drug-likeness (QED) is 0.788. The lowest BCUT2D eigenvalue weighted by Crippen LogP contribution is -2.52.